The van der Waals surface area contributed by atoms with Gasteiger partial charge in [0.1, 0.15) is 5.82 Å². The molecule has 1 aliphatic rings. The summed E-state index contributed by atoms with van der Waals surface area (Å²) in [5, 5.41) is 0. The molecule has 2 heteroatoms. The van der Waals surface area contributed by atoms with Crippen LogP contribution in [-0.2, 0) is 5.41 Å². The topological polar surface area (TPSA) is 0 Å². The van der Waals surface area contributed by atoms with E-state index in [9.17, 15) is 4.39 Å². The van der Waals surface area contributed by atoms with E-state index in [1.165, 1.54) is 29.9 Å². The van der Waals surface area contributed by atoms with Gasteiger partial charge in [0.25, 0.3) is 0 Å². The fourth-order valence-electron chi connectivity index (χ4n) is 2.09. The van der Waals surface area contributed by atoms with Crippen molar-refractivity contribution in [1.29, 1.82) is 0 Å². The molecule has 90 valence electrons. The third-order valence-electron chi connectivity index (χ3n) is 3.60. The van der Waals surface area contributed by atoms with Crippen LogP contribution in [0.25, 0.3) is 10.4 Å². The van der Waals surface area contributed by atoms with Crippen LogP contribution in [0.2, 0.25) is 0 Å². The van der Waals surface area contributed by atoms with Crippen LogP contribution < -0.4 is 0 Å². The van der Waals surface area contributed by atoms with Gasteiger partial charge in [-0.3, -0.25) is 0 Å². The van der Waals surface area contributed by atoms with Crippen molar-refractivity contribution in [2.75, 3.05) is 0 Å². The van der Waals surface area contributed by atoms with Crippen molar-refractivity contribution in [1.82, 2.24) is 0 Å². The number of rotatable bonds is 2. The summed E-state index contributed by atoms with van der Waals surface area (Å²) in [5.74, 6) is 2.29. The highest BCUT2D eigenvalue weighted by Crippen LogP contribution is 2.51. The van der Waals surface area contributed by atoms with Crippen LogP contribution in [0, 0.1) is 18.2 Å². The Morgan fingerprint density at radius 2 is 2.06 bits per heavy atom. The predicted octanol–water partition coefficient (Wildman–Crippen LogP) is 4.59. The first-order chi connectivity index (χ1) is 8.62. The second kappa shape index (κ2) is 3.96. The molecular formula is C16H13FS. The molecule has 1 aliphatic carbocycles. The van der Waals surface area contributed by atoms with Gasteiger partial charge in [-0.25, -0.2) is 4.39 Å². The Bertz CT molecular complexity index is 641. The number of halogens is 1. The molecule has 1 heterocycles. The van der Waals surface area contributed by atoms with E-state index in [1.54, 1.807) is 17.4 Å². The van der Waals surface area contributed by atoms with Crippen molar-refractivity contribution in [2.24, 2.45) is 0 Å². The first kappa shape index (κ1) is 11.5. The van der Waals surface area contributed by atoms with Crippen molar-refractivity contribution >= 4 is 11.3 Å². The van der Waals surface area contributed by atoms with Crippen LogP contribution in [0.3, 0.4) is 0 Å². The number of benzene rings is 1. The van der Waals surface area contributed by atoms with Gasteiger partial charge in [0, 0.05) is 26.3 Å². The van der Waals surface area contributed by atoms with Crippen LogP contribution in [0.5, 0.6) is 0 Å². The second-order valence-electron chi connectivity index (χ2n) is 5.06. The number of terminal acetylenes is 1. The highest BCUT2D eigenvalue weighted by atomic mass is 32.1. The van der Waals surface area contributed by atoms with Crippen LogP contribution >= 0.6 is 11.3 Å². The third kappa shape index (κ3) is 1.85. The summed E-state index contributed by atoms with van der Waals surface area (Å²) in [6.45, 7) is 2.29. The lowest BCUT2D eigenvalue weighted by molar-refractivity contribution is 0.627. The molecule has 0 atom stereocenters. The van der Waals surface area contributed by atoms with Gasteiger partial charge in [-0.2, -0.15) is 0 Å². The first-order valence-corrected chi connectivity index (χ1v) is 6.81. The molecule has 2 aromatic rings. The molecule has 0 radical (unpaired) electrons. The summed E-state index contributed by atoms with van der Waals surface area (Å²) in [6, 6.07) is 8.94. The zero-order valence-corrected chi connectivity index (χ0v) is 11.0. The SMILES string of the molecule is C#Cc1cc(F)ccc1-c1ccc(C2(C)CC2)s1. The molecule has 0 aliphatic heterocycles. The minimum atomic E-state index is -0.280. The predicted molar refractivity (Wildman–Crippen MR) is 74.2 cm³/mol. The molecule has 1 fully saturated rings. The molecule has 0 saturated heterocycles. The van der Waals surface area contributed by atoms with E-state index >= 15 is 0 Å². The normalized spacial score (nSPS) is 16.3. The lowest BCUT2D eigenvalue weighted by Crippen LogP contribution is -1.93. The highest BCUT2D eigenvalue weighted by molar-refractivity contribution is 7.15. The van der Waals surface area contributed by atoms with Crippen molar-refractivity contribution in [3.8, 4) is 22.8 Å². The summed E-state index contributed by atoms with van der Waals surface area (Å²) < 4.78 is 13.2. The smallest absolute Gasteiger partial charge is 0.124 e. The maximum atomic E-state index is 13.2. The monoisotopic (exact) mass is 256 g/mol. The Morgan fingerprint density at radius 3 is 2.72 bits per heavy atom. The van der Waals surface area contributed by atoms with Gasteiger partial charge in [0.05, 0.1) is 0 Å². The Morgan fingerprint density at radius 1 is 1.28 bits per heavy atom. The lowest BCUT2D eigenvalue weighted by Gasteiger charge is -2.04. The molecule has 0 spiro atoms. The summed E-state index contributed by atoms with van der Waals surface area (Å²) in [6.07, 6.45) is 7.97. The van der Waals surface area contributed by atoms with Gasteiger partial charge in [-0.1, -0.05) is 12.8 Å². The molecule has 0 unspecified atom stereocenters. The average Bonchev–Trinajstić information content (AvgIpc) is 2.93. The molecule has 1 aromatic heterocycles. The number of thiophene rings is 1. The molecule has 18 heavy (non-hydrogen) atoms. The minimum Gasteiger partial charge on any atom is -0.207 e. The van der Waals surface area contributed by atoms with Crippen molar-refractivity contribution in [3.05, 3.63) is 46.6 Å². The van der Waals surface area contributed by atoms with Gasteiger partial charge in [-0.15, -0.1) is 17.8 Å². The molecule has 0 bridgehead atoms. The van der Waals surface area contributed by atoms with E-state index in [2.05, 4.69) is 25.0 Å². The van der Waals surface area contributed by atoms with Crippen molar-refractivity contribution in [2.45, 2.75) is 25.2 Å². The van der Waals surface area contributed by atoms with E-state index in [1.807, 2.05) is 0 Å². The van der Waals surface area contributed by atoms with E-state index in [0.29, 0.717) is 11.0 Å². The summed E-state index contributed by atoms with van der Waals surface area (Å²) in [4.78, 5) is 2.54. The highest BCUT2D eigenvalue weighted by Gasteiger charge is 2.40. The number of hydrogen-bond donors (Lipinski definition) is 0. The summed E-state index contributed by atoms with van der Waals surface area (Å²) in [5.41, 5.74) is 1.96. The van der Waals surface area contributed by atoms with Gasteiger partial charge in [0.15, 0.2) is 0 Å². The molecule has 0 N–H and O–H groups in total. The van der Waals surface area contributed by atoms with Gasteiger partial charge in [-0.05, 0) is 43.2 Å². The van der Waals surface area contributed by atoms with Crippen LogP contribution in [0.15, 0.2) is 30.3 Å². The Balaban J connectivity index is 2.05. The van der Waals surface area contributed by atoms with Crippen molar-refractivity contribution < 1.29 is 4.39 Å². The molecular weight excluding hydrogens is 243 g/mol. The standard InChI is InChI=1S/C16H13FS/c1-3-11-10-12(17)4-5-13(11)14-6-7-15(18-14)16(2)8-9-16/h1,4-7,10H,8-9H2,2H3. The molecule has 1 aromatic carbocycles. The molecule has 1 saturated carbocycles. The Kier molecular flexibility index (Phi) is 2.53. The van der Waals surface area contributed by atoms with Crippen LogP contribution in [0.4, 0.5) is 4.39 Å². The quantitative estimate of drug-likeness (QED) is 0.689. The zero-order chi connectivity index (χ0) is 12.8. The van der Waals surface area contributed by atoms with Crippen LogP contribution in [-0.4, -0.2) is 0 Å². The third-order valence-corrected chi connectivity index (χ3v) is 5.03. The van der Waals surface area contributed by atoms with E-state index in [4.69, 9.17) is 6.42 Å². The van der Waals surface area contributed by atoms with Crippen molar-refractivity contribution in [3.63, 3.8) is 0 Å². The fourth-order valence-corrected chi connectivity index (χ4v) is 3.34. The Labute approximate surface area is 110 Å². The lowest BCUT2D eigenvalue weighted by atomic mass is 10.1. The van der Waals surface area contributed by atoms with E-state index < -0.39 is 0 Å². The average molecular weight is 256 g/mol. The minimum absolute atomic E-state index is 0.280. The Hall–Kier alpha value is -1.59. The van der Waals surface area contributed by atoms with Gasteiger partial charge < -0.3 is 0 Å². The van der Waals surface area contributed by atoms with Crippen LogP contribution in [0.1, 0.15) is 30.2 Å². The summed E-state index contributed by atoms with van der Waals surface area (Å²) in [7, 11) is 0. The maximum Gasteiger partial charge on any atom is 0.124 e. The first-order valence-electron chi connectivity index (χ1n) is 5.99. The maximum absolute atomic E-state index is 13.2. The van der Waals surface area contributed by atoms with E-state index in [-0.39, 0.29) is 5.82 Å². The molecule has 3 rings (SSSR count). The van der Waals surface area contributed by atoms with E-state index in [0.717, 1.165) is 10.4 Å². The molecule has 0 nitrogen and oxygen atoms in total. The molecule has 0 amide bonds. The largest absolute Gasteiger partial charge is 0.207 e. The van der Waals surface area contributed by atoms with Gasteiger partial charge in [0.2, 0.25) is 0 Å². The zero-order valence-electron chi connectivity index (χ0n) is 10.2. The summed E-state index contributed by atoms with van der Waals surface area (Å²) >= 11 is 1.77. The second-order valence-corrected chi connectivity index (χ2v) is 6.14. The fraction of sp³-hybridized carbons (Fsp3) is 0.250. The number of hydrogen-bond acceptors (Lipinski definition) is 1. The van der Waals surface area contributed by atoms with Gasteiger partial charge >= 0.3 is 0 Å².